The van der Waals surface area contributed by atoms with Gasteiger partial charge in [0.2, 0.25) is 5.95 Å². The zero-order valence-corrected chi connectivity index (χ0v) is 15.6. The molecular formula is C20H26N6O. The number of aromatic nitrogens is 2. The Balaban J connectivity index is 1.27. The van der Waals surface area contributed by atoms with Crippen LogP contribution >= 0.6 is 0 Å². The Kier molecular flexibility index (Phi) is 4.33. The molecule has 3 unspecified atom stereocenters. The van der Waals surface area contributed by atoms with E-state index in [1.165, 1.54) is 30.4 Å². The standard InChI is InChI=1S/C20H26N6O/c1-27-17-4-2-13-11-26(12-15(13)9-17)20-21-7-6-19(24-20)23-16-3-5-18-14(8-16)10-22-25-18/h2,4,6-7,9,14,16,18,22,25H,3,5,8,10-12H2,1H3,(H,21,23,24). The number of hydrogen-bond donors (Lipinski definition) is 3. The number of ether oxygens (including phenoxy) is 1. The van der Waals surface area contributed by atoms with Crippen LogP contribution in [0.4, 0.5) is 11.8 Å². The number of anilines is 2. The molecule has 1 aromatic heterocycles. The van der Waals surface area contributed by atoms with E-state index >= 15 is 0 Å². The first-order valence-corrected chi connectivity index (χ1v) is 9.77. The van der Waals surface area contributed by atoms with Crippen LogP contribution < -0.4 is 25.8 Å². The zero-order valence-electron chi connectivity index (χ0n) is 15.6. The number of nitrogens with zero attached hydrogens (tertiary/aromatic N) is 3. The highest BCUT2D eigenvalue weighted by molar-refractivity contribution is 5.49. The van der Waals surface area contributed by atoms with E-state index in [-0.39, 0.29) is 0 Å². The quantitative estimate of drug-likeness (QED) is 0.765. The highest BCUT2D eigenvalue weighted by Gasteiger charge is 2.33. The average molecular weight is 366 g/mol. The van der Waals surface area contributed by atoms with E-state index in [1.807, 2.05) is 18.3 Å². The van der Waals surface area contributed by atoms with Crippen LogP contribution in [0.15, 0.2) is 30.5 Å². The van der Waals surface area contributed by atoms with Gasteiger partial charge in [-0.3, -0.25) is 10.9 Å². The molecule has 1 saturated heterocycles. The first-order valence-electron chi connectivity index (χ1n) is 9.77. The second kappa shape index (κ2) is 6.98. The van der Waals surface area contributed by atoms with Crippen LogP contribution in [0.5, 0.6) is 5.75 Å². The molecule has 2 aliphatic heterocycles. The van der Waals surface area contributed by atoms with Gasteiger partial charge >= 0.3 is 0 Å². The maximum atomic E-state index is 5.35. The normalized spacial score (nSPS) is 26.6. The molecule has 1 saturated carbocycles. The lowest BCUT2D eigenvalue weighted by atomic mass is 9.83. The minimum absolute atomic E-state index is 0.482. The monoisotopic (exact) mass is 366 g/mol. The van der Waals surface area contributed by atoms with E-state index in [0.717, 1.165) is 37.1 Å². The molecule has 7 heteroatoms. The summed E-state index contributed by atoms with van der Waals surface area (Å²) >= 11 is 0. The van der Waals surface area contributed by atoms with Gasteiger partial charge in [-0.1, -0.05) is 6.07 Å². The summed E-state index contributed by atoms with van der Waals surface area (Å²) in [7, 11) is 1.71. The summed E-state index contributed by atoms with van der Waals surface area (Å²) in [6, 6.07) is 9.36. The molecule has 3 heterocycles. The average Bonchev–Trinajstić information content (AvgIpc) is 3.33. The number of nitrogens with one attached hydrogen (secondary N) is 3. The van der Waals surface area contributed by atoms with Crippen molar-refractivity contribution in [1.82, 2.24) is 20.8 Å². The van der Waals surface area contributed by atoms with Crippen molar-refractivity contribution in [3.63, 3.8) is 0 Å². The summed E-state index contributed by atoms with van der Waals surface area (Å²) < 4.78 is 5.35. The molecule has 3 atom stereocenters. The molecule has 1 aromatic carbocycles. The maximum absolute atomic E-state index is 5.35. The van der Waals surface area contributed by atoms with E-state index in [2.05, 4.69) is 38.2 Å². The molecule has 27 heavy (non-hydrogen) atoms. The van der Waals surface area contributed by atoms with Crippen LogP contribution in [0.1, 0.15) is 30.4 Å². The van der Waals surface area contributed by atoms with Crippen molar-refractivity contribution >= 4 is 11.8 Å². The molecular weight excluding hydrogens is 340 g/mol. The number of methoxy groups -OCH3 is 1. The Bertz CT molecular complexity index is 828. The van der Waals surface area contributed by atoms with E-state index in [4.69, 9.17) is 9.72 Å². The fraction of sp³-hybridized carbons (Fsp3) is 0.500. The van der Waals surface area contributed by atoms with Crippen LogP contribution in [0.3, 0.4) is 0 Å². The second-order valence-electron chi connectivity index (χ2n) is 7.78. The Morgan fingerprint density at radius 2 is 2.11 bits per heavy atom. The van der Waals surface area contributed by atoms with E-state index < -0.39 is 0 Å². The van der Waals surface area contributed by atoms with Gasteiger partial charge in [-0.2, -0.15) is 4.98 Å². The summed E-state index contributed by atoms with van der Waals surface area (Å²) in [4.78, 5) is 11.5. The first-order chi connectivity index (χ1) is 13.3. The van der Waals surface area contributed by atoms with Gasteiger partial charge in [0, 0.05) is 37.9 Å². The molecule has 0 radical (unpaired) electrons. The summed E-state index contributed by atoms with van der Waals surface area (Å²) in [5, 5.41) is 3.64. The predicted octanol–water partition coefficient (Wildman–Crippen LogP) is 2.06. The fourth-order valence-corrected chi connectivity index (χ4v) is 4.56. The molecule has 3 aliphatic rings. The Hall–Kier alpha value is -2.38. The lowest BCUT2D eigenvalue weighted by Gasteiger charge is -2.31. The van der Waals surface area contributed by atoms with Gasteiger partial charge in [0.15, 0.2) is 0 Å². The van der Waals surface area contributed by atoms with Crippen molar-refractivity contribution in [2.45, 2.75) is 44.4 Å². The Morgan fingerprint density at radius 3 is 3.04 bits per heavy atom. The van der Waals surface area contributed by atoms with E-state index in [1.54, 1.807) is 7.11 Å². The highest BCUT2D eigenvalue weighted by atomic mass is 16.5. The van der Waals surface area contributed by atoms with Crippen molar-refractivity contribution in [1.29, 1.82) is 0 Å². The van der Waals surface area contributed by atoms with Crippen LogP contribution in [0, 0.1) is 5.92 Å². The van der Waals surface area contributed by atoms with Crippen molar-refractivity contribution in [3.05, 3.63) is 41.6 Å². The second-order valence-corrected chi connectivity index (χ2v) is 7.78. The van der Waals surface area contributed by atoms with Crippen LogP contribution in [-0.4, -0.2) is 35.7 Å². The van der Waals surface area contributed by atoms with Crippen LogP contribution in [-0.2, 0) is 13.1 Å². The molecule has 142 valence electrons. The smallest absolute Gasteiger partial charge is 0.227 e. The lowest BCUT2D eigenvalue weighted by Crippen LogP contribution is -2.39. The van der Waals surface area contributed by atoms with Gasteiger partial charge in [-0.05, 0) is 54.5 Å². The molecule has 2 fully saturated rings. The number of fused-ring (bicyclic) bond motifs is 2. The third kappa shape index (κ3) is 3.33. The summed E-state index contributed by atoms with van der Waals surface area (Å²) in [6.07, 6.45) is 5.41. The molecule has 2 aromatic rings. The van der Waals surface area contributed by atoms with Crippen molar-refractivity contribution < 1.29 is 4.74 Å². The van der Waals surface area contributed by atoms with Gasteiger partial charge in [0.05, 0.1) is 7.11 Å². The number of hydrogen-bond acceptors (Lipinski definition) is 7. The van der Waals surface area contributed by atoms with E-state index in [0.29, 0.717) is 18.0 Å². The molecule has 0 bridgehead atoms. The van der Waals surface area contributed by atoms with Crippen molar-refractivity contribution in [2.75, 3.05) is 23.9 Å². The van der Waals surface area contributed by atoms with Gasteiger partial charge < -0.3 is 15.0 Å². The van der Waals surface area contributed by atoms with Crippen molar-refractivity contribution in [2.24, 2.45) is 5.92 Å². The maximum Gasteiger partial charge on any atom is 0.227 e. The highest BCUT2D eigenvalue weighted by Crippen LogP contribution is 2.31. The van der Waals surface area contributed by atoms with Gasteiger partial charge in [0.1, 0.15) is 11.6 Å². The van der Waals surface area contributed by atoms with Crippen LogP contribution in [0.25, 0.3) is 0 Å². The third-order valence-corrected chi connectivity index (χ3v) is 6.05. The Labute approximate surface area is 159 Å². The molecule has 7 nitrogen and oxygen atoms in total. The summed E-state index contributed by atoms with van der Waals surface area (Å²) in [5.74, 6) is 3.32. The topological polar surface area (TPSA) is 74.3 Å². The van der Waals surface area contributed by atoms with E-state index in [9.17, 15) is 0 Å². The first kappa shape index (κ1) is 16.8. The van der Waals surface area contributed by atoms with Crippen LogP contribution in [0.2, 0.25) is 0 Å². The number of benzene rings is 1. The molecule has 5 rings (SSSR count). The van der Waals surface area contributed by atoms with Gasteiger partial charge in [0.25, 0.3) is 0 Å². The molecule has 3 N–H and O–H groups in total. The lowest BCUT2D eigenvalue weighted by molar-refractivity contribution is 0.314. The number of hydrazine groups is 1. The summed E-state index contributed by atoms with van der Waals surface area (Å²) in [6.45, 7) is 2.72. The predicted molar refractivity (Wildman–Crippen MR) is 105 cm³/mol. The Morgan fingerprint density at radius 1 is 1.19 bits per heavy atom. The van der Waals surface area contributed by atoms with Gasteiger partial charge in [-0.25, -0.2) is 4.98 Å². The number of rotatable bonds is 4. The molecule has 0 amide bonds. The van der Waals surface area contributed by atoms with Gasteiger partial charge in [-0.15, -0.1) is 0 Å². The minimum Gasteiger partial charge on any atom is -0.497 e. The largest absolute Gasteiger partial charge is 0.497 e. The van der Waals surface area contributed by atoms with Crippen molar-refractivity contribution in [3.8, 4) is 5.75 Å². The fourth-order valence-electron chi connectivity index (χ4n) is 4.56. The molecule has 0 spiro atoms. The zero-order chi connectivity index (χ0) is 18.2. The molecule has 1 aliphatic carbocycles. The SMILES string of the molecule is COc1ccc2c(c1)CN(c1nccc(NC3CCC4NNCC4C3)n1)C2. The third-order valence-electron chi connectivity index (χ3n) is 6.05. The minimum atomic E-state index is 0.482. The summed E-state index contributed by atoms with van der Waals surface area (Å²) in [5.41, 5.74) is 9.28.